The highest BCUT2D eigenvalue weighted by Crippen LogP contribution is 2.31. The van der Waals surface area contributed by atoms with Gasteiger partial charge < -0.3 is 14.8 Å². The zero-order chi connectivity index (χ0) is 24.2. The summed E-state index contributed by atoms with van der Waals surface area (Å²) in [5, 5.41) is 3.60. The van der Waals surface area contributed by atoms with Crippen LogP contribution in [0.15, 0.2) is 36.4 Å². The van der Waals surface area contributed by atoms with Crippen molar-refractivity contribution < 1.29 is 22.7 Å². The van der Waals surface area contributed by atoms with Crippen molar-refractivity contribution >= 4 is 39.1 Å². The average molecular weight is 515 g/mol. The number of methoxy groups -OCH3 is 2. The molecule has 1 aliphatic heterocycles. The number of nitrogens with zero attached hydrogens (tertiary/aromatic N) is 1. The van der Waals surface area contributed by atoms with Crippen molar-refractivity contribution in [2.45, 2.75) is 31.6 Å². The van der Waals surface area contributed by atoms with Gasteiger partial charge in [-0.1, -0.05) is 29.3 Å². The van der Waals surface area contributed by atoms with Gasteiger partial charge in [0, 0.05) is 34.3 Å². The monoisotopic (exact) mass is 514 g/mol. The van der Waals surface area contributed by atoms with Crippen LogP contribution < -0.4 is 14.8 Å². The predicted molar refractivity (Wildman–Crippen MR) is 129 cm³/mol. The first kappa shape index (κ1) is 25.6. The minimum atomic E-state index is -3.70. The van der Waals surface area contributed by atoms with Crippen LogP contribution in [0.3, 0.4) is 0 Å². The molecule has 7 nitrogen and oxygen atoms in total. The van der Waals surface area contributed by atoms with Crippen molar-refractivity contribution in [2.24, 2.45) is 5.92 Å². The number of rotatable bonds is 8. The van der Waals surface area contributed by atoms with E-state index >= 15 is 0 Å². The van der Waals surface area contributed by atoms with Crippen molar-refractivity contribution in [2.75, 3.05) is 27.3 Å². The second kappa shape index (κ2) is 11.0. The van der Waals surface area contributed by atoms with Gasteiger partial charge in [0.25, 0.3) is 0 Å². The van der Waals surface area contributed by atoms with Crippen molar-refractivity contribution in [3.8, 4) is 11.5 Å². The Morgan fingerprint density at radius 3 is 2.52 bits per heavy atom. The van der Waals surface area contributed by atoms with E-state index in [-0.39, 0.29) is 24.2 Å². The van der Waals surface area contributed by atoms with E-state index in [2.05, 4.69) is 5.32 Å². The van der Waals surface area contributed by atoms with Crippen LogP contribution in [0.25, 0.3) is 0 Å². The lowest BCUT2D eigenvalue weighted by Crippen LogP contribution is -2.46. The third-order valence-corrected chi connectivity index (χ3v) is 8.28. The van der Waals surface area contributed by atoms with Crippen molar-refractivity contribution in [3.05, 3.63) is 57.6 Å². The van der Waals surface area contributed by atoms with E-state index in [1.807, 2.05) is 13.0 Å². The Hall–Kier alpha value is -2.00. The zero-order valence-corrected chi connectivity index (χ0v) is 21.1. The highest BCUT2D eigenvalue weighted by molar-refractivity contribution is 7.88. The molecule has 0 spiro atoms. The molecule has 10 heteroatoms. The van der Waals surface area contributed by atoms with E-state index in [9.17, 15) is 13.2 Å². The van der Waals surface area contributed by atoms with Gasteiger partial charge in [0.1, 0.15) is 11.5 Å². The van der Waals surface area contributed by atoms with Gasteiger partial charge in [0.2, 0.25) is 15.9 Å². The first-order valence-corrected chi connectivity index (χ1v) is 13.0. The largest absolute Gasteiger partial charge is 0.497 e. The van der Waals surface area contributed by atoms with Crippen LogP contribution >= 0.6 is 23.2 Å². The number of sulfonamides is 1. The molecule has 2 aromatic rings. The van der Waals surface area contributed by atoms with Gasteiger partial charge in [0.15, 0.2) is 0 Å². The molecule has 33 heavy (non-hydrogen) atoms. The molecule has 0 saturated carbocycles. The first-order chi connectivity index (χ1) is 15.7. The minimum Gasteiger partial charge on any atom is -0.497 e. The lowest BCUT2D eigenvalue weighted by Gasteiger charge is -2.32. The molecule has 1 heterocycles. The Bertz CT molecular complexity index is 1090. The van der Waals surface area contributed by atoms with Crippen LogP contribution in [-0.2, 0) is 20.6 Å². The number of amides is 1. The van der Waals surface area contributed by atoms with Crippen LogP contribution in [0.1, 0.15) is 36.9 Å². The molecule has 2 atom stereocenters. The SMILES string of the molecule is COc1ccc(OC)c([C@@H](C)NC(=O)[C@H]2CCCN(S(=O)(=O)Cc3c(Cl)cccc3Cl)C2)c1. The summed E-state index contributed by atoms with van der Waals surface area (Å²) in [6.07, 6.45) is 1.19. The Balaban J connectivity index is 1.70. The van der Waals surface area contributed by atoms with E-state index in [1.54, 1.807) is 44.6 Å². The van der Waals surface area contributed by atoms with Gasteiger partial charge in [-0.2, -0.15) is 0 Å². The smallest absolute Gasteiger partial charge is 0.224 e. The predicted octanol–water partition coefficient (Wildman–Crippen LogP) is 4.43. The molecule has 1 saturated heterocycles. The molecule has 0 radical (unpaired) electrons. The fourth-order valence-electron chi connectivity index (χ4n) is 3.94. The normalized spacial score (nSPS) is 17.9. The number of ether oxygens (including phenoxy) is 2. The third-order valence-electron chi connectivity index (χ3n) is 5.80. The molecule has 0 bridgehead atoms. The highest BCUT2D eigenvalue weighted by Gasteiger charge is 2.33. The molecular weight excluding hydrogens is 487 g/mol. The topological polar surface area (TPSA) is 84.9 Å². The third kappa shape index (κ3) is 6.12. The molecule has 3 rings (SSSR count). The van der Waals surface area contributed by atoms with Crippen LogP contribution in [0.5, 0.6) is 11.5 Å². The lowest BCUT2D eigenvalue weighted by molar-refractivity contribution is -0.126. The number of carbonyl (C=O) groups is 1. The van der Waals surface area contributed by atoms with Crippen LogP contribution in [0.2, 0.25) is 10.0 Å². The lowest BCUT2D eigenvalue weighted by atomic mass is 9.97. The number of benzene rings is 2. The second-order valence-electron chi connectivity index (χ2n) is 7.99. The van der Waals surface area contributed by atoms with Crippen molar-refractivity contribution in [1.82, 2.24) is 9.62 Å². The molecule has 0 aromatic heterocycles. The maximum absolute atomic E-state index is 13.1. The fourth-order valence-corrected chi connectivity index (χ4v) is 6.30. The molecule has 1 amide bonds. The van der Waals surface area contributed by atoms with Crippen LogP contribution in [-0.4, -0.2) is 45.9 Å². The van der Waals surface area contributed by atoms with Crippen LogP contribution in [0.4, 0.5) is 0 Å². The Kier molecular flexibility index (Phi) is 8.50. The van der Waals surface area contributed by atoms with Crippen molar-refractivity contribution in [1.29, 1.82) is 0 Å². The number of nitrogens with one attached hydrogen (secondary N) is 1. The zero-order valence-electron chi connectivity index (χ0n) is 18.8. The summed E-state index contributed by atoms with van der Waals surface area (Å²) in [4.78, 5) is 13.0. The molecule has 1 fully saturated rings. The number of carbonyl (C=O) groups excluding carboxylic acids is 1. The average Bonchev–Trinajstić information content (AvgIpc) is 2.81. The van der Waals surface area contributed by atoms with E-state index in [0.717, 1.165) is 5.56 Å². The maximum Gasteiger partial charge on any atom is 0.224 e. The summed E-state index contributed by atoms with van der Waals surface area (Å²) in [6, 6.07) is 9.92. The summed E-state index contributed by atoms with van der Waals surface area (Å²) in [5.41, 5.74) is 1.14. The van der Waals surface area contributed by atoms with E-state index in [4.69, 9.17) is 32.7 Å². The van der Waals surface area contributed by atoms with Crippen molar-refractivity contribution in [3.63, 3.8) is 0 Å². The van der Waals surface area contributed by atoms with Gasteiger partial charge in [-0.05, 0) is 50.1 Å². The molecule has 2 aromatic carbocycles. The molecule has 1 aliphatic rings. The van der Waals surface area contributed by atoms with Gasteiger partial charge in [-0.3, -0.25) is 4.79 Å². The van der Waals surface area contributed by atoms with Gasteiger partial charge in [0.05, 0.1) is 31.9 Å². The molecule has 180 valence electrons. The Morgan fingerprint density at radius 1 is 1.18 bits per heavy atom. The van der Waals surface area contributed by atoms with Gasteiger partial charge in [-0.25, -0.2) is 12.7 Å². The Morgan fingerprint density at radius 2 is 1.88 bits per heavy atom. The van der Waals surface area contributed by atoms with E-state index in [1.165, 1.54) is 4.31 Å². The maximum atomic E-state index is 13.1. The standard InChI is InChI=1S/C23H28Cl2N2O5S/c1-15(18-12-17(31-2)9-10-22(18)32-3)26-23(28)16-6-5-11-27(13-16)33(29,30)14-19-20(24)7-4-8-21(19)25/h4,7-10,12,15-16H,5-6,11,13-14H2,1-3H3,(H,26,28)/t15-,16+/m1/s1. The molecule has 0 aliphatic carbocycles. The number of piperidine rings is 1. The quantitative estimate of drug-likeness (QED) is 0.563. The second-order valence-corrected chi connectivity index (χ2v) is 10.8. The van der Waals surface area contributed by atoms with Gasteiger partial charge >= 0.3 is 0 Å². The number of halogens is 2. The molecule has 0 unspecified atom stereocenters. The summed E-state index contributed by atoms with van der Waals surface area (Å²) in [6.45, 7) is 2.32. The van der Waals surface area contributed by atoms with E-state index in [0.29, 0.717) is 46.5 Å². The number of hydrogen-bond acceptors (Lipinski definition) is 5. The highest BCUT2D eigenvalue weighted by atomic mass is 35.5. The summed E-state index contributed by atoms with van der Waals surface area (Å²) < 4.78 is 38.2. The summed E-state index contributed by atoms with van der Waals surface area (Å²) in [5.74, 6) is 0.308. The fraction of sp³-hybridized carbons (Fsp3) is 0.435. The summed E-state index contributed by atoms with van der Waals surface area (Å²) in [7, 11) is -0.565. The molecular formula is C23H28Cl2N2O5S. The van der Waals surface area contributed by atoms with Gasteiger partial charge in [-0.15, -0.1) is 0 Å². The Labute approximate surface area is 205 Å². The van der Waals surface area contributed by atoms with E-state index < -0.39 is 15.9 Å². The minimum absolute atomic E-state index is 0.109. The summed E-state index contributed by atoms with van der Waals surface area (Å²) >= 11 is 12.3. The van der Waals surface area contributed by atoms with Crippen LogP contribution in [0, 0.1) is 5.92 Å². The first-order valence-electron chi connectivity index (χ1n) is 10.6. The number of hydrogen-bond donors (Lipinski definition) is 1. The molecule has 1 N–H and O–H groups in total.